The molecule has 80 valence electrons. The van der Waals surface area contributed by atoms with Gasteiger partial charge in [-0.1, -0.05) is 35.9 Å². The summed E-state index contributed by atoms with van der Waals surface area (Å²) in [6.45, 7) is 0. The maximum absolute atomic E-state index is 5.88. The Kier molecular flexibility index (Phi) is 3.96. The Hall–Kier alpha value is -0.870. The lowest BCUT2D eigenvalue weighted by atomic mass is 10.2. The van der Waals surface area contributed by atoms with Crippen LogP contribution >= 0.6 is 34.2 Å². The average Bonchev–Trinajstić information content (AvgIpc) is 2.28. The summed E-state index contributed by atoms with van der Waals surface area (Å²) in [6.07, 6.45) is 1.85. The predicted molar refractivity (Wildman–Crippen MR) is 77.9 cm³/mol. The van der Waals surface area contributed by atoms with Crippen molar-refractivity contribution in [1.29, 1.82) is 0 Å². The van der Waals surface area contributed by atoms with E-state index in [1.807, 2.05) is 48.7 Å². The number of benzene rings is 2. The van der Waals surface area contributed by atoms with Crippen LogP contribution in [0, 0.1) is 3.57 Å². The monoisotopic (exact) mass is 341 g/mol. The van der Waals surface area contributed by atoms with E-state index < -0.39 is 0 Å². The molecular weight excluding hydrogens is 333 g/mol. The van der Waals surface area contributed by atoms with Gasteiger partial charge in [-0.2, -0.15) is 0 Å². The second-order valence-electron chi connectivity index (χ2n) is 3.26. The van der Waals surface area contributed by atoms with Gasteiger partial charge in [-0.3, -0.25) is 4.99 Å². The molecule has 0 bridgehead atoms. The molecule has 0 atom stereocenters. The topological polar surface area (TPSA) is 12.4 Å². The number of aliphatic imine (C=N–C) groups is 1. The van der Waals surface area contributed by atoms with Crippen molar-refractivity contribution in [2.24, 2.45) is 4.99 Å². The zero-order chi connectivity index (χ0) is 11.4. The second-order valence-corrected chi connectivity index (χ2v) is 4.86. The van der Waals surface area contributed by atoms with Crippen LogP contribution in [0.1, 0.15) is 5.56 Å². The summed E-state index contributed by atoms with van der Waals surface area (Å²) >= 11 is 8.17. The molecule has 3 heteroatoms. The van der Waals surface area contributed by atoms with Crippen molar-refractivity contribution in [2.45, 2.75) is 0 Å². The Balaban J connectivity index is 2.25. The minimum Gasteiger partial charge on any atom is -0.256 e. The molecule has 0 aliphatic rings. The van der Waals surface area contributed by atoms with Crippen LogP contribution in [-0.4, -0.2) is 6.21 Å². The van der Waals surface area contributed by atoms with Crippen molar-refractivity contribution in [2.75, 3.05) is 0 Å². The summed E-state index contributed by atoms with van der Waals surface area (Å²) in [6, 6.07) is 15.6. The highest BCUT2D eigenvalue weighted by Gasteiger charge is 1.94. The second kappa shape index (κ2) is 5.46. The lowest BCUT2D eigenvalue weighted by Gasteiger charge is -1.97. The molecule has 0 spiro atoms. The lowest BCUT2D eigenvalue weighted by molar-refractivity contribution is 1.51. The summed E-state index contributed by atoms with van der Waals surface area (Å²) in [4.78, 5) is 4.38. The van der Waals surface area contributed by atoms with Crippen molar-refractivity contribution in [3.63, 3.8) is 0 Å². The van der Waals surface area contributed by atoms with Gasteiger partial charge < -0.3 is 0 Å². The number of nitrogens with zero attached hydrogens (tertiary/aromatic N) is 1. The highest BCUT2D eigenvalue weighted by molar-refractivity contribution is 14.1. The molecule has 0 saturated heterocycles. The molecule has 0 radical (unpaired) electrons. The summed E-state index contributed by atoms with van der Waals surface area (Å²) < 4.78 is 1.19. The average molecular weight is 342 g/mol. The van der Waals surface area contributed by atoms with Gasteiger partial charge >= 0.3 is 0 Å². The molecule has 0 N–H and O–H groups in total. The van der Waals surface area contributed by atoms with Crippen LogP contribution in [-0.2, 0) is 0 Å². The van der Waals surface area contributed by atoms with Gasteiger partial charge in [0, 0.05) is 20.4 Å². The molecule has 0 aliphatic carbocycles. The third-order valence-corrected chi connectivity index (χ3v) is 3.28. The van der Waals surface area contributed by atoms with Crippen LogP contribution in [0.2, 0.25) is 5.02 Å². The molecule has 2 aromatic carbocycles. The van der Waals surface area contributed by atoms with Crippen LogP contribution in [0.5, 0.6) is 0 Å². The van der Waals surface area contributed by atoms with Crippen LogP contribution in [0.15, 0.2) is 53.5 Å². The molecule has 0 aromatic heterocycles. The lowest BCUT2D eigenvalue weighted by Crippen LogP contribution is -1.84. The fraction of sp³-hybridized carbons (Fsp3) is 0. The van der Waals surface area contributed by atoms with Gasteiger partial charge in [0.05, 0.1) is 5.69 Å². The molecule has 0 aliphatic heterocycles. The minimum absolute atomic E-state index is 0.706. The number of rotatable bonds is 2. The smallest absolute Gasteiger partial charge is 0.0644 e. The Labute approximate surface area is 113 Å². The molecule has 0 amide bonds. The first-order valence-electron chi connectivity index (χ1n) is 4.80. The van der Waals surface area contributed by atoms with Gasteiger partial charge in [0.2, 0.25) is 0 Å². The number of halogens is 2. The van der Waals surface area contributed by atoms with Crippen molar-refractivity contribution in [1.82, 2.24) is 0 Å². The van der Waals surface area contributed by atoms with E-state index in [4.69, 9.17) is 11.6 Å². The van der Waals surface area contributed by atoms with E-state index in [2.05, 4.69) is 33.6 Å². The van der Waals surface area contributed by atoms with Crippen LogP contribution in [0.25, 0.3) is 0 Å². The summed E-state index contributed by atoms with van der Waals surface area (Å²) in [5.74, 6) is 0. The molecule has 1 nitrogen and oxygen atoms in total. The van der Waals surface area contributed by atoms with E-state index in [-0.39, 0.29) is 0 Å². The quantitative estimate of drug-likeness (QED) is 0.555. The fourth-order valence-corrected chi connectivity index (χ4v) is 1.99. The minimum atomic E-state index is 0.706. The van der Waals surface area contributed by atoms with Crippen LogP contribution in [0.3, 0.4) is 0 Å². The molecule has 0 heterocycles. The van der Waals surface area contributed by atoms with E-state index in [9.17, 15) is 0 Å². The van der Waals surface area contributed by atoms with E-state index in [0.29, 0.717) is 5.02 Å². The molecule has 16 heavy (non-hydrogen) atoms. The van der Waals surface area contributed by atoms with Crippen LogP contribution < -0.4 is 0 Å². The van der Waals surface area contributed by atoms with Gasteiger partial charge in [0.25, 0.3) is 0 Å². The molecular formula is C13H9ClIN. The van der Waals surface area contributed by atoms with E-state index >= 15 is 0 Å². The molecule has 0 unspecified atom stereocenters. The molecule has 2 aromatic rings. The molecule has 2 rings (SSSR count). The third kappa shape index (κ3) is 3.06. The van der Waals surface area contributed by atoms with Gasteiger partial charge in [-0.15, -0.1) is 0 Å². The Bertz CT molecular complexity index is 523. The van der Waals surface area contributed by atoms with Crippen molar-refractivity contribution in [3.8, 4) is 0 Å². The zero-order valence-corrected chi connectivity index (χ0v) is 11.3. The number of hydrogen-bond acceptors (Lipinski definition) is 1. The van der Waals surface area contributed by atoms with Gasteiger partial charge in [-0.25, -0.2) is 0 Å². The zero-order valence-electron chi connectivity index (χ0n) is 8.40. The summed E-state index contributed by atoms with van der Waals surface area (Å²) in [7, 11) is 0. The number of hydrogen-bond donors (Lipinski definition) is 0. The largest absolute Gasteiger partial charge is 0.256 e. The first-order valence-corrected chi connectivity index (χ1v) is 6.25. The van der Waals surface area contributed by atoms with Gasteiger partial charge in [-0.05, 0) is 46.9 Å². The van der Waals surface area contributed by atoms with Crippen molar-refractivity contribution in [3.05, 3.63) is 62.7 Å². The third-order valence-electron chi connectivity index (χ3n) is 2.07. The Morgan fingerprint density at radius 2 is 1.88 bits per heavy atom. The molecule has 0 fully saturated rings. The Morgan fingerprint density at radius 3 is 2.62 bits per heavy atom. The predicted octanol–water partition coefficient (Wildman–Crippen LogP) is 4.70. The van der Waals surface area contributed by atoms with E-state index in [1.54, 1.807) is 0 Å². The molecule has 0 saturated carbocycles. The maximum atomic E-state index is 5.88. The normalized spacial score (nSPS) is 10.9. The van der Waals surface area contributed by atoms with Gasteiger partial charge in [0.15, 0.2) is 0 Å². The first kappa shape index (κ1) is 11.6. The van der Waals surface area contributed by atoms with Crippen LogP contribution in [0.4, 0.5) is 5.69 Å². The van der Waals surface area contributed by atoms with E-state index in [1.165, 1.54) is 3.57 Å². The van der Waals surface area contributed by atoms with Gasteiger partial charge in [0.1, 0.15) is 0 Å². The SMILES string of the molecule is Clc1cccc(N=Cc2ccccc2I)c1. The van der Waals surface area contributed by atoms with E-state index in [0.717, 1.165) is 11.3 Å². The maximum Gasteiger partial charge on any atom is 0.0644 e. The standard InChI is InChI=1S/C13H9ClIN/c14-11-5-3-6-12(8-11)16-9-10-4-1-2-7-13(10)15/h1-9H. The van der Waals surface area contributed by atoms with Crippen molar-refractivity contribution >= 4 is 46.1 Å². The Morgan fingerprint density at radius 1 is 1.06 bits per heavy atom. The first-order chi connectivity index (χ1) is 7.75. The summed E-state index contributed by atoms with van der Waals surface area (Å²) in [5, 5.41) is 0.706. The van der Waals surface area contributed by atoms with Crippen molar-refractivity contribution < 1.29 is 0 Å². The highest BCUT2D eigenvalue weighted by Crippen LogP contribution is 2.18. The fourth-order valence-electron chi connectivity index (χ4n) is 1.28. The summed E-state index contributed by atoms with van der Waals surface area (Å²) in [5.41, 5.74) is 1.98. The highest BCUT2D eigenvalue weighted by atomic mass is 127.